The molecule has 0 saturated carbocycles. The van der Waals surface area contributed by atoms with Crippen LogP contribution in [0.2, 0.25) is 0 Å². The second kappa shape index (κ2) is 8.20. The third-order valence-corrected chi connectivity index (χ3v) is 4.15. The quantitative estimate of drug-likeness (QED) is 0.563. The van der Waals surface area contributed by atoms with Gasteiger partial charge in [0.05, 0.1) is 0 Å². The number of aliphatic carboxylic acids is 1. The molecule has 1 aliphatic heterocycles. The molecule has 104 valence electrons. The predicted molar refractivity (Wildman–Crippen MR) is 69.8 cm³/mol. The van der Waals surface area contributed by atoms with Gasteiger partial charge in [0, 0.05) is 24.8 Å². The SMILES string of the molecule is O=C(NCC[C@H](O)C(=O)O)NCC1CCCCS1. The lowest BCUT2D eigenvalue weighted by molar-refractivity contribution is -0.146. The number of nitrogens with one attached hydrogen (secondary N) is 2. The number of carbonyl (C=O) groups is 2. The topological polar surface area (TPSA) is 98.7 Å². The lowest BCUT2D eigenvalue weighted by Gasteiger charge is -2.21. The van der Waals surface area contributed by atoms with Crippen LogP contribution in [-0.2, 0) is 4.79 Å². The Labute approximate surface area is 111 Å². The third kappa shape index (κ3) is 6.11. The van der Waals surface area contributed by atoms with Crippen LogP contribution in [0.25, 0.3) is 0 Å². The molecule has 0 aromatic heterocycles. The average Bonchev–Trinajstić information content (AvgIpc) is 2.37. The minimum Gasteiger partial charge on any atom is -0.479 e. The van der Waals surface area contributed by atoms with Crippen LogP contribution < -0.4 is 10.6 Å². The Morgan fingerprint density at radius 1 is 1.33 bits per heavy atom. The molecule has 1 aliphatic rings. The van der Waals surface area contributed by atoms with E-state index < -0.39 is 12.1 Å². The van der Waals surface area contributed by atoms with Crippen LogP contribution in [0, 0.1) is 0 Å². The molecule has 0 bridgehead atoms. The van der Waals surface area contributed by atoms with Crippen LogP contribution in [0.1, 0.15) is 25.7 Å². The Bertz CT molecular complexity index is 282. The van der Waals surface area contributed by atoms with Crippen molar-refractivity contribution in [1.29, 1.82) is 0 Å². The van der Waals surface area contributed by atoms with Crippen LogP contribution in [0.3, 0.4) is 0 Å². The van der Waals surface area contributed by atoms with E-state index in [2.05, 4.69) is 10.6 Å². The maximum atomic E-state index is 11.4. The van der Waals surface area contributed by atoms with Crippen molar-refractivity contribution < 1.29 is 19.8 Å². The number of carbonyl (C=O) groups excluding carboxylic acids is 1. The van der Waals surface area contributed by atoms with Crippen molar-refractivity contribution in [2.24, 2.45) is 0 Å². The predicted octanol–water partition coefficient (Wildman–Crippen LogP) is 0.407. The second-order valence-electron chi connectivity index (χ2n) is 4.27. The fraction of sp³-hybridized carbons (Fsp3) is 0.818. The Balaban J connectivity index is 2.04. The number of carboxylic acid groups (broad SMARTS) is 1. The van der Waals surface area contributed by atoms with E-state index in [4.69, 9.17) is 10.2 Å². The fourth-order valence-electron chi connectivity index (χ4n) is 1.68. The Hall–Kier alpha value is -0.950. The van der Waals surface area contributed by atoms with Gasteiger partial charge in [-0.3, -0.25) is 0 Å². The molecule has 0 aliphatic carbocycles. The van der Waals surface area contributed by atoms with Crippen molar-refractivity contribution >= 4 is 23.8 Å². The molecule has 7 heteroatoms. The summed E-state index contributed by atoms with van der Waals surface area (Å²) in [5.74, 6) is -0.116. The number of aliphatic hydroxyl groups excluding tert-OH is 1. The zero-order valence-corrected chi connectivity index (χ0v) is 11.0. The van der Waals surface area contributed by atoms with E-state index in [0.717, 1.165) is 12.2 Å². The molecular formula is C11H20N2O4S. The van der Waals surface area contributed by atoms with Gasteiger partial charge in [-0.05, 0) is 18.6 Å². The number of carboxylic acids is 1. The molecule has 1 saturated heterocycles. The van der Waals surface area contributed by atoms with Gasteiger partial charge in [0.1, 0.15) is 0 Å². The lowest BCUT2D eigenvalue weighted by Crippen LogP contribution is -2.40. The van der Waals surface area contributed by atoms with Crippen LogP contribution in [0.15, 0.2) is 0 Å². The van der Waals surface area contributed by atoms with Crippen LogP contribution >= 0.6 is 11.8 Å². The van der Waals surface area contributed by atoms with Gasteiger partial charge in [-0.2, -0.15) is 11.8 Å². The van der Waals surface area contributed by atoms with E-state index in [0.29, 0.717) is 11.8 Å². The van der Waals surface area contributed by atoms with Gasteiger partial charge in [-0.25, -0.2) is 9.59 Å². The van der Waals surface area contributed by atoms with Gasteiger partial charge in [-0.1, -0.05) is 6.42 Å². The summed E-state index contributed by atoms with van der Waals surface area (Å²) in [5.41, 5.74) is 0. The summed E-state index contributed by atoms with van der Waals surface area (Å²) in [6.45, 7) is 0.787. The monoisotopic (exact) mass is 276 g/mol. The summed E-state index contributed by atoms with van der Waals surface area (Å²) in [6.07, 6.45) is 2.19. The second-order valence-corrected chi connectivity index (χ2v) is 5.68. The third-order valence-electron chi connectivity index (χ3n) is 2.75. The van der Waals surface area contributed by atoms with Crippen LogP contribution in [0.5, 0.6) is 0 Å². The summed E-state index contributed by atoms with van der Waals surface area (Å²) in [4.78, 5) is 21.7. The Kier molecular flexibility index (Phi) is 6.89. The van der Waals surface area contributed by atoms with E-state index in [1.807, 2.05) is 11.8 Å². The molecule has 18 heavy (non-hydrogen) atoms. The maximum Gasteiger partial charge on any atom is 0.332 e. The number of urea groups is 1. The van der Waals surface area contributed by atoms with Crippen LogP contribution in [0.4, 0.5) is 4.79 Å². The Morgan fingerprint density at radius 3 is 2.72 bits per heavy atom. The van der Waals surface area contributed by atoms with Gasteiger partial charge in [-0.15, -0.1) is 0 Å². The van der Waals surface area contributed by atoms with E-state index in [1.165, 1.54) is 12.8 Å². The van der Waals surface area contributed by atoms with Crippen molar-refractivity contribution in [3.63, 3.8) is 0 Å². The first-order chi connectivity index (χ1) is 8.59. The molecule has 4 N–H and O–H groups in total. The molecule has 1 unspecified atom stereocenters. The van der Waals surface area contributed by atoms with Crippen molar-refractivity contribution in [3.05, 3.63) is 0 Å². The molecular weight excluding hydrogens is 256 g/mol. The maximum absolute atomic E-state index is 11.4. The standard InChI is InChI=1S/C11H20N2O4S/c14-9(10(15)16)4-5-12-11(17)13-7-8-3-1-2-6-18-8/h8-9,14H,1-7H2,(H,15,16)(H2,12,13,17)/t8?,9-/m0/s1. The molecule has 1 fully saturated rings. The summed E-state index contributed by atoms with van der Waals surface area (Å²) in [6, 6.07) is -0.307. The van der Waals surface area contributed by atoms with Crippen LogP contribution in [-0.4, -0.2) is 52.4 Å². The average molecular weight is 276 g/mol. The molecule has 6 nitrogen and oxygen atoms in total. The van der Waals surface area contributed by atoms with Gasteiger partial charge in [0.15, 0.2) is 6.10 Å². The Morgan fingerprint density at radius 2 is 2.11 bits per heavy atom. The molecule has 2 atom stereocenters. The molecule has 1 rings (SSSR count). The number of aliphatic hydroxyl groups is 1. The highest BCUT2D eigenvalue weighted by atomic mass is 32.2. The number of thioether (sulfide) groups is 1. The van der Waals surface area contributed by atoms with Crippen molar-refractivity contribution in [2.45, 2.75) is 37.0 Å². The zero-order valence-electron chi connectivity index (χ0n) is 10.2. The molecule has 0 aromatic rings. The van der Waals surface area contributed by atoms with Gasteiger partial charge in [0.2, 0.25) is 0 Å². The molecule has 0 radical (unpaired) electrons. The minimum absolute atomic E-state index is 0.0148. The molecule has 0 aromatic carbocycles. The summed E-state index contributed by atoms with van der Waals surface area (Å²) >= 11 is 1.88. The van der Waals surface area contributed by atoms with Gasteiger partial charge < -0.3 is 20.8 Å². The van der Waals surface area contributed by atoms with Gasteiger partial charge >= 0.3 is 12.0 Å². The number of rotatable bonds is 6. The van der Waals surface area contributed by atoms with E-state index in [-0.39, 0.29) is 19.0 Å². The normalized spacial score (nSPS) is 21.1. The van der Waals surface area contributed by atoms with Crippen molar-refractivity contribution in [1.82, 2.24) is 10.6 Å². The highest BCUT2D eigenvalue weighted by Crippen LogP contribution is 2.24. The smallest absolute Gasteiger partial charge is 0.332 e. The molecule has 2 amide bonds. The highest BCUT2D eigenvalue weighted by Gasteiger charge is 2.15. The largest absolute Gasteiger partial charge is 0.479 e. The summed E-state index contributed by atoms with van der Waals surface area (Å²) in [5, 5.41) is 23.2. The number of hydrogen-bond acceptors (Lipinski definition) is 4. The number of hydrogen-bond donors (Lipinski definition) is 4. The first-order valence-corrected chi connectivity index (χ1v) is 7.18. The van der Waals surface area contributed by atoms with Crippen molar-refractivity contribution in [3.8, 4) is 0 Å². The van der Waals surface area contributed by atoms with E-state index in [9.17, 15) is 9.59 Å². The molecule has 1 heterocycles. The molecule has 0 spiro atoms. The minimum atomic E-state index is -1.42. The lowest BCUT2D eigenvalue weighted by atomic mass is 10.2. The summed E-state index contributed by atoms with van der Waals surface area (Å²) in [7, 11) is 0. The first kappa shape index (κ1) is 15.1. The van der Waals surface area contributed by atoms with Gasteiger partial charge in [0.25, 0.3) is 0 Å². The fourth-order valence-corrected chi connectivity index (χ4v) is 2.92. The van der Waals surface area contributed by atoms with Crippen molar-refractivity contribution in [2.75, 3.05) is 18.8 Å². The van der Waals surface area contributed by atoms with E-state index in [1.54, 1.807) is 0 Å². The first-order valence-electron chi connectivity index (χ1n) is 6.13. The number of amides is 2. The highest BCUT2D eigenvalue weighted by molar-refractivity contribution is 7.99. The van der Waals surface area contributed by atoms with E-state index >= 15 is 0 Å². The zero-order chi connectivity index (χ0) is 13.4. The summed E-state index contributed by atoms with van der Waals surface area (Å²) < 4.78 is 0.